The second-order valence-corrected chi connectivity index (χ2v) is 4.47. The minimum absolute atomic E-state index is 0.0700. The highest BCUT2D eigenvalue weighted by atomic mass is 35.5. The standard InChI is InChI=1S/C12H13ClF2N2/c1-17-6-10(9(5-16)12(14)15)8-3-2-7(13)4-11(8)17/h2-4,6,9,12H,5,16H2,1H3. The van der Waals surface area contributed by atoms with E-state index in [1.54, 1.807) is 36.0 Å². The van der Waals surface area contributed by atoms with Gasteiger partial charge in [0.05, 0.1) is 5.92 Å². The van der Waals surface area contributed by atoms with Gasteiger partial charge < -0.3 is 10.3 Å². The average molecular weight is 259 g/mol. The number of halogens is 3. The SMILES string of the molecule is Cn1cc(C(CN)C(F)F)c2ccc(Cl)cc21. The molecule has 1 heterocycles. The van der Waals surface area contributed by atoms with Crippen molar-refractivity contribution in [3.05, 3.63) is 35.0 Å². The Morgan fingerprint density at radius 1 is 1.41 bits per heavy atom. The van der Waals surface area contributed by atoms with E-state index in [2.05, 4.69) is 0 Å². The quantitative estimate of drug-likeness (QED) is 0.901. The van der Waals surface area contributed by atoms with E-state index in [4.69, 9.17) is 17.3 Å². The topological polar surface area (TPSA) is 30.9 Å². The van der Waals surface area contributed by atoms with Crippen molar-refractivity contribution in [1.29, 1.82) is 0 Å². The van der Waals surface area contributed by atoms with E-state index in [0.29, 0.717) is 10.6 Å². The Kier molecular flexibility index (Phi) is 3.35. The summed E-state index contributed by atoms with van der Waals surface area (Å²) < 4.78 is 27.6. The Hall–Kier alpha value is -1.13. The number of alkyl halides is 2. The number of rotatable bonds is 3. The predicted molar refractivity (Wildman–Crippen MR) is 65.7 cm³/mol. The molecule has 0 saturated heterocycles. The van der Waals surface area contributed by atoms with Gasteiger partial charge in [0.1, 0.15) is 0 Å². The number of hydrogen-bond acceptors (Lipinski definition) is 1. The fourth-order valence-electron chi connectivity index (χ4n) is 2.05. The summed E-state index contributed by atoms with van der Waals surface area (Å²) in [4.78, 5) is 0. The fraction of sp³-hybridized carbons (Fsp3) is 0.333. The van der Waals surface area contributed by atoms with Crippen LogP contribution < -0.4 is 5.73 Å². The van der Waals surface area contributed by atoms with Gasteiger partial charge in [-0.15, -0.1) is 0 Å². The molecule has 0 spiro atoms. The highest BCUT2D eigenvalue weighted by molar-refractivity contribution is 6.31. The van der Waals surface area contributed by atoms with Crippen molar-refractivity contribution in [3.8, 4) is 0 Å². The molecular formula is C12H13ClF2N2. The van der Waals surface area contributed by atoms with Crippen LogP contribution in [-0.4, -0.2) is 17.5 Å². The second-order valence-electron chi connectivity index (χ2n) is 4.03. The zero-order valence-corrected chi connectivity index (χ0v) is 10.1. The Bertz CT molecular complexity index is 537. The Balaban J connectivity index is 2.62. The Morgan fingerprint density at radius 2 is 2.12 bits per heavy atom. The number of fused-ring (bicyclic) bond motifs is 1. The Morgan fingerprint density at radius 3 is 2.71 bits per heavy atom. The van der Waals surface area contributed by atoms with Gasteiger partial charge >= 0.3 is 0 Å². The zero-order chi connectivity index (χ0) is 12.6. The Labute approximate surface area is 103 Å². The molecule has 2 N–H and O–H groups in total. The molecule has 0 radical (unpaired) electrons. The molecule has 2 aromatic rings. The largest absolute Gasteiger partial charge is 0.350 e. The van der Waals surface area contributed by atoms with Gasteiger partial charge in [-0.2, -0.15) is 0 Å². The first kappa shape index (κ1) is 12.3. The van der Waals surface area contributed by atoms with Crippen LogP contribution >= 0.6 is 11.6 Å². The van der Waals surface area contributed by atoms with Crippen LogP contribution in [-0.2, 0) is 7.05 Å². The maximum atomic E-state index is 12.9. The van der Waals surface area contributed by atoms with Gasteiger partial charge in [0, 0.05) is 35.7 Å². The summed E-state index contributed by atoms with van der Waals surface area (Å²) >= 11 is 5.89. The van der Waals surface area contributed by atoms with E-state index in [0.717, 1.165) is 10.9 Å². The van der Waals surface area contributed by atoms with Gasteiger partial charge in [0.2, 0.25) is 6.43 Å². The molecule has 2 rings (SSSR count). The minimum Gasteiger partial charge on any atom is -0.350 e. The van der Waals surface area contributed by atoms with Gasteiger partial charge in [0.15, 0.2) is 0 Å². The number of benzene rings is 1. The first-order valence-electron chi connectivity index (χ1n) is 5.27. The van der Waals surface area contributed by atoms with Crippen molar-refractivity contribution in [2.24, 2.45) is 12.8 Å². The summed E-state index contributed by atoms with van der Waals surface area (Å²) in [6.07, 6.45) is -0.758. The molecular weight excluding hydrogens is 246 g/mol. The van der Waals surface area contributed by atoms with Crippen LogP contribution in [0.25, 0.3) is 10.9 Å². The molecule has 0 saturated carbocycles. The van der Waals surface area contributed by atoms with Crippen LogP contribution in [0.2, 0.25) is 5.02 Å². The molecule has 1 atom stereocenters. The van der Waals surface area contributed by atoms with E-state index in [1.165, 1.54) is 0 Å². The summed E-state index contributed by atoms with van der Waals surface area (Å²) in [6, 6.07) is 5.23. The summed E-state index contributed by atoms with van der Waals surface area (Å²) in [5, 5.41) is 1.37. The van der Waals surface area contributed by atoms with Crippen LogP contribution in [0.5, 0.6) is 0 Å². The van der Waals surface area contributed by atoms with E-state index in [1.807, 2.05) is 0 Å². The van der Waals surface area contributed by atoms with Crippen molar-refractivity contribution >= 4 is 22.5 Å². The van der Waals surface area contributed by atoms with E-state index >= 15 is 0 Å². The van der Waals surface area contributed by atoms with Crippen molar-refractivity contribution in [1.82, 2.24) is 4.57 Å². The molecule has 17 heavy (non-hydrogen) atoms. The third kappa shape index (κ3) is 2.15. The normalized spacial score (nSPS) is 13.5. The van der Waals surface area contributed by atoms with Crippen LogP contribution in [0.1, 0.15) is 11.5 Å². The van der Waals surface area contributed by atoms with Crippen LogP contribution in [0.3, 0.4) is 0 Å². The third-order valence-corrected chi connectivity index (χ3v) is 3.18. The molecule has 92 valence electrons. The first-order valence-corrected chi connectivity index (χ1v) is 5.65. The van der Waals surface area contributed by atoms with E-state index in [9.17, 15) is 8.78 Å². The summed E-state index contributed by atoms with van der Waals surface area (Å²) in [5.41, 5.74) is 6.84. The molecule has 1 aromatic heterocycles. The second kappa shape index (κ2) is 4.63. The van der Waals surface area contributed by atoms with Gasteiger partial charge in [-0.05, 0) is 17.7 Å². The summed E-state index contributed by atoms with van der Waals surface area (Å²) in [6.45, 7) is -0.0700. The fourth-order valence-corrected chi connectivity index (χ4v) is 2.22. The van der Waals surface area contributed by atoms with Crippen molar-refractivity contribution in [2.45, 2.75) is 12.3 Å². The zero-order valence-electron chi connectivity index (χ0n) is 9.33. The lowest BCUT2D eigenvalue weighted by Gasteiger charge is -2.12. The molecule has 0 fully saturated rings. The van der Waals surface area contributed by atoms with E-state index in [-0.39, 0.29) is 6.54 Å². The maximum Gasteiger partial charge on any atom is 0.246 e. The number of aromatic nitrogens is 1. The highest BCUT2D eigenvalue weighted by Gasteiger charge is 2.24. The summed E-state index contributed by atoms with van der Waals surface area (Å²) in [5.74, 6) is -0.931. The van der Waals surface area contributed by atoms with Gasteiger partial charge in [-0.25, -0.2) is 8.78 Å². The molecule has 0 aliphatic heterocycles. The number of nitrogens with zero attached hydrogens (tertiary/aromatic N) is 1. The minimum atomic E-state index is -2.46. The van der Waals surface area contributed by atoms with E-state index < -0.39 is 12.3 Å². The third-order valence-electron chi connectivity index (χ3n) is 2.94. The van der Waals surface area contributed by atoms with Crippen molar-refractivity contribution in [3.63, 3.8) is 0 Å². The van der Waals surface area contributed by atoms with Crippen LogP contribution in [0.4, 0.5) is 8.78 Å². The van der Waals surface area contributed by atoms with Crippen LogP contribution in [0.15, 0.2) is 24.4 Å². The lowest BCUT2D eigenvalue weighted by Crippen LogP contribution is -2.19. The first-order chi connectivity index (χ1) is 8.04. The molecule has 0 aliphatic rings. The molecule has 0 bridgehead atoms. The smallest absolute Gasteiger partial charge is 0.246 e. The number of aryl methyl sites for hydroxylation is 1. The summed E-state index contributed by atoms with van der Waals surface area (Å²) in [7, 11) is 1.81. The average Bonchev–Trinajstić information content (AvgIpc) is 2.57. The lowest BCUT2D eigenvalue weighted by atomic mass is 9.99. The molecule has 0 amide bonds. The monoisotopic (exact) mass is 258 g/mol. The maximum absolute atomic E-state index is 12.9. The highest BCUT2D eigenvalue weighted by Crippen LogP contribution is 2.31. The lowest BCUT2D eigenvalue weighted by molar-refractivity contribution is 0.117. The van der Waals surface area contributed by atoms with Gasteiger partial charge in [-0.1, -0.05) is 17.7 Å². The molecule has 0 aliphatic carbocycles. The van der Waals surface area contributed by atoms with Crippen molar-refractivity contribution in [2.75, 3.05) is 6.54 Å². The van der Waals surface area contributed by atoms with Crippen molar-refractivity contribution < 1.29 is 8.78 Å². The molecule has 5 heteroatoms. The van der Waals surface area contributed by atoms with Crippen LogP contribution in [0, 0.1) is 0 Å². The number of nitrogens with two attached hydrogens (primary N) is 1. The predicted octanol–water partition coefficient (Wildman–Crippen LogP) is 3.14. The number of hydrogen-bond donors (Lipinski definition) is 1. The van der Waals surface area contributed by atoms with Gasteiger partial charge in [-0.3, -0.25) is 0 Å². The molecule has 2 nitrogen and oxygen atoms in total. The molecule has 1 unspecified atom stereocenters. The molecule has 1 aromatic carbocycles. The van der Waals surface area contributed by atoms with Gasteiger partial charge in [0.25, 0.3) is 0 Å².